The number of amides is 2. The van der Waals surface area contributed by atoms with E-state index in [-0.39, 0.29) is 16.6 Å². The number of nitrogens with one attached hydrogen (secondary N) is 2. The van der Waals surface area contributed by atoms with Crippen molar-refractivity contribution < 1.29 is 14.0 Å². The van der Waals surface area contributed by atoms with Crippen molar-refractivity contribution >= 4 is 34.8 Å². The monoisotopic (exact) mass is 413 g/mol. The van der Waals surface area contributed by atoms with Gasteiger partial charge in [0, 0.05) is 18.3 Å². The molecule has 0 bridgehead atoms. The zero-order valence-electron chi connectivity index (χ0n) is 15.6. The second-order valence-corrected chi connectivity index (χ2v) is 6.55. The summed E-state index contributed by atoms with van der Waals surface area (Å²) in [5, 5.41) is 10.9. The number of hydrogen-bond acceptors (Lipinski definition) is 4. The molecule has 9 heteroatoms. The number of hydrogen-bond donors (Lipinski definition) is 2. The lowest BCUT2D eigenvalue weighted by molar-refractivity contribution is 0.0944. The molecule has 0 aliphatic rings. The first-order valence-electron chi connectivity index (χ1n) is 8.54. The van der Waals surface area contributed by atoms with Gasteiger partial charge in [-0.15, -0.1) is 0 Å². The molecule has 29 heavy (non-hydrogen) atoms. The van der Waals surface area contributed by atoms with Crippen LogP contribution in [-0.4, -0.2) is 27.3 Å². The second-order valence-electron chi connectivity index (χ2n) is 6.14. The van der Waals surface area contributed by atoms with Crippen molar-refractivity contribution in [1.82, 2.24) is 15.2 Å². The Morgan fingerprint density at radius 3 is 2.24 bits per heavy atom. The summed E-state index contributed by atoms with van der Waals surface area (Å²) in [6, 6.07) is 12.2. The van der Waals surface area contributed by atoms with Gasteiger partial charge >= 0.3 is 0 Å². The molecule has 0 fully saturated rings. The van der Waals surface area contributed by atoms with Gasteiger partial charge in [0.05, 0.1) is 16.9 Å². The van der Waals surface area contributed by atoms with Gasteiger partial charge in [0.15, 0.2) is 0 Å². The van der Waals surface area contributed by atoms with Gasteiger partial charge < -0.3 is 5.32 Å². The lowest BCUT2D eigenvalue weighted by Gasteiger charge is -2.07. The molecule has 148 valence electrons. The van der Waals surface area contributed by atoms with Crippen LogP contribution in [0.15, 0.2) is 59.8 Å². The maximum atomic E-state index is 12.9. The number of nitrogens with zero attached hydrogens (tertiary/aromatic N) is 3. The number of aromatic nitrogens is 2. The Morgan fingerprint density at radius 1 is 1.03 bits per heavy atom. The SMILES string of the molecule is C/C(=N/NC(=O)c1c(Cl)cnn1C)c1ccc(NC(=O)c2ccc(F)cc2)cc1. The van der Waals surface area contributed by atoms with Crippen LogP contribution in [0.1, 0.15) is 33.3 Å². The zero-order chi connectivity index (χ0) is 21.0. The van der Waals surface area contributed by atoms with Crippen LogP contribution in [-0.2, 0) is 7.05 Å². The summed E-state index contributed by atoms with van der Waals surface area (Å²) in [4.78, 5) is 24.3. The fourth-order valence-electron chi connectivity index (χ4n) is 2.52. The first-order chi connectivity index (χ1) is 13.8. The predicted octanol–water partition coefficient (Wildman–Crippen LogP) is 3.62. The second kappa shape index (κ2) is 8.66. The number of halogens is 2. The summed E-state index contributed by atoms with van der Waals surface area (Å²) in [6.45, 7) is 1.73. The standard InChI is InChI=1S/C20H17ClFN5O2/c1-12(25-26-20(29)18-17(21)11-23-27(18)2)13-5-9-16(10-6-13)24-19(28)14-3-7-15(22)8-4-14/h3-11H,1-2H3,(H,24,28)(H,26,29)/b25-12-. The average molecular weight is 414 g/mol. The van der Waals surface area contributed by atoms with Gasteiger partial charge in [-0.3, -0.25) is 14.3 Å². The third-order valence-electron chi connectivity index (χ3n) is 4.10. The van der Waals surface area contributed by atoms with E-state index in [4.69, 9.17) is 11.6 Å². The number of aryl methyl sites for hydroxylation is 1. The molecule has 1 aromatic heterocycles. The summed E-state index contributed by atoms with van der Waals surface area (Å²) in [5.74, 6) is -1.22. The third-order valence-corrected chi connectivity index (χ3v) is 4.38. The molecule has 7 nitrogen and oxygen atoms in total. The molecule has 2 amide bonds. The van der Waals surface area contributed by atoms with Gasteiger partial charge in [-0.1, -0.05) is 23.7 Å². The summed E-state index contributed by atoms with van der Waals surface area (Å²) >= 11 is 5.94. The smallest absolute Gasteiger partial charge is 0.291 e. The number of anilines is 1. The fraction of sp³-hybridized carbons (Fsp3) is 0.100. The lowest BCUT2D eigenvalue weighted by Crippen LogP contribution is -2.22. The molecule has 2 aromatic carbocycles. The molecule has 0 radical (unpaired) electrons. The minimum atomic E-state index is -0.475. The molecule has 0 unspecified atom stereocenters. The molecule has 1 heterocycles. The lowest BCUT2D eigenvalue weighted by atomic mass is 10.1. The largest absolute Gasteiger partial charge is 0.322 e. The van der Waals surface area contributed by atoms with E-state index in [1.54, 1.807) is 38.2 Å². The van der Waals surface area contributed by atoms with Crippen LogP contribution in [0.25, 0.3) is 0 Å². The maximum Gasteiger partial charge on any atom is 0.291 e. The highest BCUT2D eigenvalue weighted by atomic mass is 35.5. The van der Waals surface area contributed by atoms with Gasteiger partial charge in [0.25, 0.3) is 11.8 Å². The molecular weight excluding hydrogens is 397 g/mol. The van der Waals surface area contributed by atoms with Crippen molar-refractivity contribution in [2.75, 3.05) is 5.32 Å². The topological polar surface area (TPSA) is 88.4 Å². The van der Waals surface area contributed by atoms with E-state index in [2.05, 4.69) is 20.9 Å². The molecule has 0 atom stereocenters. The Morgan fingerprint density at radius 2 is 1.66 bits per heavy atom. The van der Waals surface area contributed by atoms with Crippen LogP contribution in [0.5, 0.6) is 0 Å². The number of benzene rings is 2. The molecular formula is C20H17ClFN5O2. The van der Waals surface area contributed by atoms with E-state index in [0.29, 0.717) is 17.0 Å². The van der Waals surface area contributed by atoms with Crippen LogP contribution in [0.3, 0.4) is 0 Å². The van der Waals surface area contributed by atoms with E-state index in [0.717, 1.165) is 5.56 Å². The highest BCUT2D eigenvalue weighted by molar-refractivity contribution is 6.33. The number of carbonyl (C=O) groups excluding carboxylic acids is 2. The third kappa shape index (κ3) is 4.85. The minimum absolute atomic E-state index is 0.210. The Labute approximate surface area is 171 Å². The Hall–Kier alpha value is -3.52. The summed E-state index contributed by atoms with van der Waals surface area (Å²) < 4.78 is 14.3. The molecule has 0 aliphatic carbocycles. The number of carbonyl (C=O) groups is 2. The van der Waals surface area contributed by atoms with Crippen LogP contribution >= 0.6 is 11.6 Å². The fourth-order valence-corrected chi connectivity index (χ4v) is 2.77. The Kier molecular flexibility index (Phi) is 6.04. The quantitative estimate of drug-likeness (QED) is 0.494. The van der Waals surface area contributed by atoms with E-state index >= 15 is 0 Å². The van der Waals surface area contributed by atoms with E-state index < -0.39 is 11.7 Å². The minimum Gasteiger partial charge on any atom is -0.322 e. The summed E-state index contributed by atoms with van der Waals surface area (Å²) in [5.41, 5.74) is 4.89. The maximum absolute atomic E-state index is 12.9. The molecule has 3 rings (SSSR count). The highest BCUT2D eigenvalue weighted by Gasteiger charge is 2.15. The summed E-state index contributed by atoms with van der Waals surface area (Å²) in [7, 11) is 1.61. The number of hydrazone groups is 1. The van der Waals surface area contributed by atoms with Gasteiger partial charge in [0.2, 0.25) is 0 Å². The van der Waals surface area contributed by atoms with Gasteiger partial charge in [-0.05, 0) is 48.9 Å². The first-order valence-corrected chi connectivity index (χ1v) is 8.92. The zero-order valence-corrected chi connectivity index (χ0v) is 16.4. The first kappa shape index (κ1) is 20.2. The van der Waals surface area contributed by atoms with E-state index in [1.807, 2.05) is 0 Å². The van der Waals surface area contributed by atoms with Gasteiger partial charge in [0.1, 0.15) is 11.5 Å². The van der Waals surface area contributed by atoms with Gasteiger partial charge in [-0.25, -0.2) is 9.82 Å². The van der Waals surface area contributed by atoms with Crippen molar-refractivity contribution in [3.8, 4) is 0 Å². The summed E-state index contributed by atoms with van der Waals surface area (Å²) in [6.07, 6.45) is 1.38. The Bertz CT molecular complexity index is 1060. The Balaban J connectivity index is 1.64. The normalized spacial score (nSPS) is 11.2. The van der Waals surface area contributed by atoms with Crippen LogP contribution in [0.2, 0.25) is 5.02 Å². The van der Waals surface area contributed by atoms with Crippen LogP contribution < -0.4 is 10.7 Å². The van der Waals surface area contributed by atoms with Gasteiger partial charge in [-0.2, -0.15) is 10.2 Å². The molecule has 0 saturated carbocycles. The van der Waals surface area contributed by atoms with Crippen molar-refractivity contribution in [2.24, 2.45) is 12.1 Å². The van der Waals surface area contributed by atoms with Crippen molar-refractivity contribution in [2.45, 2.75) is 6.92 Å². The average Bonchev–Trinajstić information content (AvgIpc) is 3.05. The predicted molar refractivity (Wildman–Crippen MR) is 109 cm³/mol. The molecule has 3 aromatic rings. The molecule has 0 aliphatic heterocycles. The number of rotatable bonds is 5. The molecule has 0 saturated heterocycles. The van der Waals surface area contributed by atoms with E-state index in [1.165, 1.54) is 35.1 Å². The van der Waals surface area contributed by atoms with Crippen molar-refractivity contribution in [1.29, 1.82) is 0 Å². The van der Waals surface area contributed by atoms with Crippen LogP contribution in [0.4, 0.5) is 10.1 Å². The molecule has 0 spiro atoms. The van der Waals surface area contributed by atoms with Crippen molar-refractivity contribution in [3.63, 3.8) is 0 Å². The molecule has 2 N–H and O–H groups in total. The highest BCUT2D eigenvalue weighted by Crippen LogP contribution is 2.14. The van der Waals surface area contributed by atoms with Crippen molar-refractivity contribution in [3.05, 3.63) is 82.4 Å². The van der Waals surface area contributed by atoms with E-state index in [9.17, 15) is 14.0 Å². The van der Waals surface area contributed by atoms with Crippen LogP contribution in [0, 0.1) is 5.82 Å².